The third-order valence-electron chi connectivity index (χ3n) is 2.65. The number of H-pyrrole nitrogens is 1. The first-order valence-corrected chi connectivity index (χ1v) is 5.96. The molecule has 2 rings (SSSR count). The van der Waals surface area contributed by atoms with Gasteiger partial charge in [-0.05, 0) is 0 Å². The average Bonchev–Trinajstić information content (AvgIpc) is 2.96. The summed E-state index contributed by atoms with van der Waals surface area (Å²) in [6.07, 6.45) is 5.80. The summed E-state index contributed by atoms with van der Waals surface area (Å²) in [7, 11) is 3.16. The van der Waals surface area contributed by atoms with Crippen molar-refractivity contribution in [1.82, 2.24) is 25.3 Å². The van der Waals surface area contributed by atoms with Crippen LogP contribution in [-0.2, 0) is 13.0 Å². The van der Waals surface area contributed by atoms with Crippen molar-refractivity contribution < 1.29 is 9.47 Å². The van der Waals surface area contributed by atoms with Crippen LogP contribution in [0.1, 0.15) is 11.4 Å². The third-order valence-corrected chi connectivity index (χ3v) is 2.65. The molecule has 0 radical (unpaired) electrons. The molecule has 0 spiro atoms. The van der Waals surface area contributed by atoms with Gasteiger partial charge in [0.2, 0.25) is 11.8 Å². The Labute approximate surface area is 111 Å². The number of hydrogen-bond acceptors (Lipinski definition) is 6. The minimum absolute atomic E-state index is 0.525. The molecule has 0 aromatic carbocycles. The highest BCUT2D eigenvalue weighted by atomic mass is 16.5. The molecule has 2 aromatic rings. The molecule has 2 aromatic heterocycles. The number of hydrogen-bond donors (Lipinski definition) is 2. The van der Waals surface area contributed by atoms with E-state index in [1.54, 1.807) is 20.4 Å². The molecule has 0 unspecified atom stereocenters. The van der Waals surface area contributed by atoms with Crippen LogP contribution in [0.5, 0.6) is 11.8 Å². The van der Waals surface area contributed by atoms with Gasteiger partial charge >= 0.3 is 0 Å². The predicted octanol–water partition coefficient (Wildman–Crippen LogP) is 0.549. The number of ether oxygens (including phenoxy) is 2. The summed E-state index contributed by atoms with van der Waals surface area (Å²) in [5.41, 5.74) is 0.812. The number of rotatable bonds is 7. The second-order valence-corrected chi connectivity index (χ2v) is 3.83. The van der Waals surface area contributed by atoms with Crippen LogP contribution in [0.3, 0.4) is 0 Å². The molecule has 0 saturated heterocycles. The minimum atomic E-state index is 0.525. The highest BCUT2D eigenvalue weighted by molar-refractivity contribution is 5.34. The molecule has 0 fully saturated rings. The van der Waals surface area contributed by atoms with Gasteiger partial charge in [0, 0.05) is 31.9 Å². The zero-order valence-electron chi connectivity index (χ0n) is 11.0. The van der Waals surface area contributed by atoms with E-state index in [4.69, 9.17) is 9.47 Å². The highest BCUT2D eigenvalue weighted by Gasteiger charge is 2.12. The average molecular weight is 263 g/mol. The van der Waals surface area contributed by atoms with Gasteiger partial charge in [-0.15, -0.1) is 0 Å². The van der Waals surface area contributed by atoms with E-state index >= 15 is 0 Å². The first kappa shape index (κ1) is 13.3. The number of aromatic amines is 1. The van der Waals surface area contributed by atoms with Crippen LogP contribution in [0.25, 0.3) is 0 Å². The Balaban J connectivity index is 1.91. The summed E-state index contributed by atoms with van der Waals surface area (Å²) >= 11 is 0. The van der Waals surface area contributed by atoms with E-state index in [-0.39, 0.29) is 0 Å². The Morgan fingerprint density at radius 1 is 1.16 bits per heavy atom. The second kappa shape index (κ2) is 6.69. The fourth-order valence-corrected chi connectivity index (χ4v) is 1.74. The van der Waals surface area contributed by atoms with Gasteiger partial charge in [0.15, 0.2) is 0 Å². The van der Waals surface area contributed by atoms with E-state index < -0.39 is 0 Å². The molecular formula is C12H17N5O2. The van der Waals surface area contributed by atoms with Crippen molar-refractivity contribution in [1.29, 1.82) is 0 Å². The van der Waals surface area contributed by atoms with Gasteiger partial charge in [-0.2, -0.15) is 0 Å². The Bertz CT molecular complexity index is 479. The Kier molecular flexibility index (Phi) is 4.68. The highest BCUT2D eigenvalue weighted by Crippen LogP contribution is 2.22. The monoisotopic (exact) mass is 263 g/mol. The van der Waals surface area contributed by atoms with E-state index in [0.717, 1.165) is 24.4 Å². The molecule has 0 saturated carbocycles. The van der Waals surface area contributed by atoms with Crippen molar-refractivity contribution >= 4 is 0 Å². The van der Waals surface area contributed by atoms with Crippen molar-refractivity contribution in [3.05, 3.63) is 30.1 Å². The van der Waals surface area contributed by atoms with E-state index in [1.165, 1.54) is 6.33 Å². The van der Waals surface area contributed by atoms with E-state index in [1.807, 2.05) is 6.20 Å². The number of nitrogens with one attached hydrogen (secondary N) is 2. The van der Waals surface area contributed by atoms with E-state index in [2.05, 4.69) is 25.3 Å². The molecule has 0 atom stereocenters. The Hall–Kier alpha value is -2.15. The second-order valence-electron chi connectivity index (χ2n) is 3.83. The Morgan fingerprint density at radius 2 is 1.89 bits per heavy atom. The summed E-state index contributed by atoms with van der Waals surface area (Å²) in [6.45, 7) is 1.36. The van der Waals surface area contributed by atoms with Crippen LogP contribution in [0.15, 0.2) is 18.7 Å². The number of aromatic nitrogens is 4. The van der Waals surface area contributed by atoms with Crippen LogP contribution >= 0.6 is 0 Å². The molecule has 7 heteroatoms. The molecule has 102 valence electrons. The van der Waals surface area contributed by atoms with Crippen LogP contribution in [0.2, 0.25) is 0 Å². The topological polar surface area (TPSA) is 85.0 Å². The summed E-state index contributed by atoms with van der Waals surface area (Å²) in [6, 6.07) is 0. The lowest BCUT2D eigenvalue weighted by Gasteiger charge is -2.11. The van der Waals surface area contributed by atoms with E-state index in [0.29, 0.717) is 18.3 Å². The van der Waals surface area contributed by atoms with Gasteiger partial charge in [-0.25, -0.2) is 15.0 Å². The smallest absolute Gasteiger partial charge is 0.224 e. The first-order valence-electron chi connectivity index (χ1n) is 5.96. The summed E-state index contributed by atoms with van der Waals surface area (Å²) < 4.78 is 10.4. The normalized spacial score (nSPS) is 10.4. The summed E-state index contributed by atoms with van der Waals surface area (Å²) in [5, 5.41) is 3.29. The predicted molar refractivity (Wildman–Crippen MR) is 69.1 cm³/mol. The molecule has 0 bridgehead atoms. The Morgan fingerprint density at radius 3 is 2.47 bits per heavy atom. The van der Waals surface area contributed by atoms with Gasteiger partial charge < -0.3 is 19.8 Å². The fraction of sp³-hybridized carbons (Fsp3) is 0.417. The minimum Gasteiger partial charge on any atom is -0.481 e. The fourth-order valence-electron chi connectivity index (χ4n) is 1.74. The maximum atomic E-state index is 5.20. The molecule has 0 amide bonds. The summed E-state index contributed by atoms with van der Waals surface area (Å²) in [4.78, 5) is 15.3. The van der Waals surface area contributed by atoms with Gasteiger partial charge in [0.25, 0.3) is 0 Å². The lowest BCUT2D eigenvalue weighted by molar-refractivity contribution is 0.359. The van der Waals surface area contributed by atoms with Crippen LogP contribution in [-0.4, -0.2) is 40.7 Å². The molecule has 0 aliphatic carbocycles. The molecule has 7 nitrogen and oxygen atoms in total. The largest absolute Gasteiger partial charge is 0.481 e. The van der Waals surface area contributed by atoms with Gasteiger partial charge in [0.05, 0.1) is 19.8 Å². The molecule has 0 aliphatic rings. The third kappa shape index (κ3) is 3.41. The quantitative estimate of drug-likeness (QED) is 0.710. The zero-order chi connectivity index (χ0) is 13.5. The van der Waals surface area contributed by atoms with Gasteiger partial charge in [0.1, 0.15) is 12.2 Å². The summed E-state index contributed by atoms with van der Waals surface area (Å²) in [5.74, 6) is 2.01. The van der Waals surface area contributed by atoms with Crippen LogP contribution in [0.4, 0.5) is 0 Å². The maximum Gasteiger partial charge on any atom is 0.224 e. The number of imidazole rings is 1. The molecular weight excluding hydrogens is 246 g/mol. The standard InChI is InChI=1S/C12H17N5O2/c1-18-11-9(12(19-2)17-8-16-11)7-13-4-3-10-14-5-6-15-10/h5-6,8,13H,3-4,7H2,1-2H3,(H,14,15). The maximum absolute atomic E-state index is 5.20. The molecule has 19 heavy (non-hydrogen) atoms. The van der Waals surface area contributed by atoms with Crippen molar-refractivity contribution in [2.24, 2.45) is 0 Å². The SMILES string of the molecule is COc1ncnc(OC)c1CNCCc1ncc[nH]1. The van der Waals surface area contributed by atoms with Crippen molar-refractivity contribution in [2.75, 3.05) is 20.8 Å². The van der Waals surface area contributed by atoms with E-state index in [9.17, 15) is 0 Å². The lowest BCUT2D eigenvalue weighted by atomic mass is 10.3. The number of nitrogens with zero attached hydrogens (tertiary/aromatic N) is 3. The van der Waals surface area contributed by atoms with Crippen LogP contribution < -0.4 is 14.8 Å². The van der Waals surface area contributed by atoms with Crippen LogP contribution in [0, 0.1) is 0 Å². The zero-order valence-corrected chi connectivity index (χ0v) is 11.0. The van der Waals surface area contributed by atoms with Crippen molar-refractivity contribution in [2.45, 2.75) is 13.0 Å². The molecule has 2 heterocycles. The lowest BCUT2D eigenvalue weighted by Crippen LogP contribution is -2.18. The van der Waals surface area contributed by atoms with Crippen molar-refractivity contribution in [3.8, 4) is 11.8 Å². The molecule has 2 N–H and O–H groups in total. The number of methoxy groups -OCH3 is 2. The van der Waals surface area contributed by atoms with Gasteiger partial charge in [-0.1, -0.05) is 0 Å². The van der Waals surface area contributed by atoms with Gasteiger partial charge in [-0.3, -0.25) is 0 Å². The van der Waals surface area contributed by atoms with Crippen molar-refractivity contribution in [3.63, 3.8) is 0 Å². The molecule has 0 aliphatic heterocycles. The first-order chi connectivity index (χ1) is 9.35.